The average molecular weight is 290 g/mol. The van der Waals surface area contributed by atoms with E-state index in [0.717, 1.165) is 33.2 Å². The lowest BCUT2D eigenvalue weighted by Gasteiger charge is -2.13. The summed E-state index contributed by atoms with van der Waals surface area (Å²) in [5.74, 6) is 0.862. The third kappa shape index (κ3) is 2.28. The van der Waals surface area contributed by atoms with Crippen molar-refractivity contribution in [3.8, 4) is 5.75 Å². The predicted octanol–water partition coefficient (Wildman–Crippen LogP) is 4.06. The third-order valence-corrected chi connectivity index (χ3v) is 3.74. The fourth-order valence-corrected chi connectivity index (χ4v) is 2.66. The van der Waals surface area contributed by atoms with Crippen LogP contribution in [0.15, 0.2) is 30.5 Å². The van der Waals surface area contributed by atoms with Gasteiger partial charge in [0.05, 0.1) is 18.9 Å². The van der Waals surface area contributed by atoms with Gasteiger partial charge in [-0.1, -0.05) is 23.7 Å². The minimum Gasteiger partial charge on any atom is -0.492 e. The molecule has 0 spiro atoms. The number of pyridine rings is 1. The van der Waals surface area contributed by atoms with Crippen LogP contribution in [-0.2, 0) is 11.3 Å². The number of hydrogen-bond donors (Lipinski definition) is 0. The molecule has 2 heterocycles. The lowest BCUT2D eigenvalue weighted by Crippen LogP contribution is -2.02. The van der Waals surface area contributed by atoms with Gasteiger partial charge in [0.25, 0.3) is 0 Å². The summed E-state index contributed by atoms with van der Waals surface area (Å²) >= 11 is 5.93. The summed E-state index contributed by atoms with van der Waals surface area (Å²) in [4.78, 5) is 4.43. The Balaban J connectivity index is 2.02. The zero-order chi connectivity index (χ0) is 14.1. The number of benzene rings is 1. The van der Waals surface area contributed by atoms with Crippen LogP contribution in [0.1, 0.15) is 35.4 Å². The minimum atomic E-state index is -0.0884. The second-order valence-corrected chi connectivity index (χ2v) is 5.22. The van der Waals surface area contributed by atoms with Gasteiger partial charge in [0, 0.05) is 22.3 Å². The molecule has 0 fully saturated rings. The number of nitrogens with zero attached hydrogens (tertiary/aromatic N) is 1. The zero-order valence-electron chi connectivity index (χ0n) is 11.5. The van der Waals surface area contributed by atoms with Gasteiger partial charge in [-0.3, -0.25) is 4.98 Å². The van der Waals surface area contributed by atoms with Crippen LogP contribution < -0.4 is 4.74 Å². The molecule has 4 heteroatoms. The maximum atomic E-state index is 5.93. The van der Waals surface area contributed by atoms with Crippen LogP contribution in [0.3, 0.4) is 0 Å². The highest BCUT2D eigenvalue weighted by molar-refractivity contribution is 6.30. The second kappa shape index (κ2) is 5.43. The van der Waals surface area contributed by atoms with E-state index in [1.54, 1.807) is 0 Å². The smallest absolute Gasteiger partial charge is 0.146 e. The van der Waals surface area contributed by atoms with Gasteiger partial charge in [0.2, 0.25) is 0 Å². The number of aromatic nitrogens is 1. The monoisotopic (exact) mass is 289 g/mol. The molecular weight excluding hydrogens is 274 g/mol. The van der Waals surface area contributed by atoms with Gasteiger partial charge < -0.3 is 9.47 Å². The van der Waals surface area contributed by atoms with Crippen molar-refractivity contribution >= 4 is 11.6 Å². The highest BCUT2D eigenvalue weighted by Gasteiger charge is 2.29. The van der Waals surface area contributed by atoms with Crippen molar-refractivity contribution < 1.29 is 9.47 Å². The van der Waals surface area contributed by atoms with Crippen molar-refractivity contribution in [2.75, 3.05) is 6.61 Å². The van der Waals surface area contributed by atoms with E-state index in [4.69, 9.17) is 21.1 Å². The molecular formula is C16H16ClNO2. The van der Waals surface area contributed by atoms with Crippen LogP contribution in [-0.4, -0.2) is 11.6 Å². The summed E-state index contributed by atoms with van der Waals surface area (Å²) in [6.45, 7) is 5.12. The first kappa shape index (κ1) is 13.4. The van der Waals surface area contributed by atoms with Crippen molar-refractivity contribution in [1.82, 2.24) is 4.98 Å². The molecule has 3 rings (SSSR count). The summed E-state index contributed by atoms with van der Waals surface area (Å²) < 4.78 is 11.6. The Morgan fingerprint density at radius 1 is 1.35 bits per heavy atom. The molecule has 1 aromatic carbocycles. The van der Waals surface area contributed by atoms with Crippen LogP contribution in [0, 0.1) is 6.92 Å². The van der Waals surface area contributed by atoms with Gasteiger partial charge in [0.15, 0.2) is 0 Å². The van der Waals surface area contributed by atoms with E-state index < -0.39 is 0 Å². The molecule has 20 heavy (non-hydrogen) atoms. The van der Waals surface area contributed by atoms with E-state index in [0.29, 0.717) is 13.2 Å². The number of halogens is 1. The van der Waals surface area contributed by atoms with Crippen molar-refractivity contribution in [3.63, 3.8) is 0 Å². The van der Waals surface area contributed by atoms with Crippen molar-refractivity contribution in [2.45, 2.75) is 26.6 Å². The summed E-state index contributed by atoms with van der Waals surface area (Å²) in [7, 11) is 0. The Bertz CT molecular complexity index is 625. The molecule has 3 nitrogen and oxygen atoms in total. The molecule has 104 valence electrons. The Kier molecular flexibility index (Phi) is 3.64. The normalized spacial score (nSPS) is 17.1. The van der Waals surface area contributed by atoms with Gasteiger partial charge in [-0.2, -0.15) is 0 Å². The van der Waals surface area contributed by atoms with E-state index in [1.807, 2.05) is 44.3 Å². The third-order valence-electron chi connectivity index (χ3n) is 3.49. The number of aryl methyl sites for hydroxylation is 1. The van der Waals surface area contributed by atoms with E-state index in [9.17, 15) is 0 Å². The molecule has 0 bridgehead atoms. The lowest BCUT2D eigenvalue weighted by molar-refractivity contribution is 0.0930. The van der Waals surface area contributed by atoms with Crippen molar-refractivity contribution in [3.05, 3.63) is 57.9 Å². The lowest BCUT2D eigenvalue weighted by atomic mass is 10.0. The molecule has 0 aliphatic carbocycles. The number of rotatable bonds is 3. The van der Waals surface area contributed by atoms with Crippen LogP contribution in [0.5, 0.6) is 5.75 Å². The van der Waals surface area contributed by atoms with Crippen LogP contribution in [0.25, 0.3) is 0 Å². The summed E-state index contributed by atoms with van der Waals surface area (Å²) in [6.07, 6.45) is 1.80. The van der Waals surface area contributed by atoms with E-state index in [-0.39, 0.29) is 6.10 Å². The van der Waals surface area contributed by atoms with E-state index in [1.165, 1.54) is 0 Å². The Morgan fingerprint density at radius 3 is 2.80 bits per heavy atom. The van der Waals surface area contributed by atoms with E-state index >= 15 is 0 Å². The number of ether oxygens (including phenoxy) is 2. The van der Waals surface area contributed by atoms with Gasteiger partial charge in [-0.25, -0.2) is 0 Å². The Hall–Kier alpha value is -1.58. The molecule has 0 radical (unpaired) electrons. The number of hydrogen-bond acceptors (Lipinski definition) is 3. The molecule has 0 saturated carbocycles. The quantitative estimate of drug-likeness (QED) is 0.854. The fourth-order valence-electron chi connectivity index (χ4n) is 2.53. The summed E-state index contributed by atoms with van der Waals surface area (Å²) in [5, 5.41) is 0.726. The van der Waals surface area contributed by atoms with Gasteiger partial charge in [-0.15, -0.1) is 0 Å². The van der Waals surface area contributed by atoms with Crippen molar-refractivity contribution in [2.24, 2.45) is 0 Å². The minimum absolute atomic E-state index is 0.0884. The van der Waals surface area contributed by atoms with Crippen molar-refractivity contribution in [1.29, 1.82) is 0 Å². The van der Waals surface area contributed by atoms with Crippen LogP contribution >= 0.6 is 11.6 Å². The van der Waals surface area contributed by atoms with Gasteiger partial charge in [0.1, 0.15) is 11.9 Å². The second-order valence-electron chi connectivity index (χ2n) is 4.78. The van der Waals surface area contributed by atoms with E-state index in [2.05, 4.69) is 4.98 Å². The first-order valence-corrected chi connectivity index (χ1v) is 7.06. The highest BCUT2D eigenvalue weighted by atomic mass is 35.5. The van der Waals surface area contributed by atoms with Gasteiger partial charge >= 0.3 is 0 Å². The maximum Gasteiger partial charge on any atom is 0.146 e. The first-order valence-electron chi connectivity index (χ1n) is 6.69. The molecule has 0 saturated heterocycles. The maximum absolute atomic E-state index is 5.93. The first-order chi connectivity index (χ1) is 9.70. The highest BCUT2D eigenvalue weighted by Crippen LogP contribution is 2.40. The molecule has 0 N–H and O–H groups in total. The average Bonchev–Trinajstić information content (AvgIpc) is 2.87. The largest absolute Gasteiger partial charge is 0.492 e. The zero-order valence-corrected chi connectivity index (χ0v) is 12.3. The fraction of sp³-hybridized carbons (Fsp3) is 0.312. The molecule has 1 aromatic heterocycles. The Labute approximate surface area is 123 Å². The molecule has 0 unspecified atom stereocenters. The number of fused-ring (bicyclic) bond motifs is 1. The molecule has 0 amide bonds. The topological polar surface area (TPSA) is 31.4 Å². The molecule has 1 aliphatic rings. The summed E-state index contributed by atoms with van der Waals surface area (Å²) in [6, 6.07) is 7.73. The van der Waals surface area contributed by atoms with Crippen LogP contribution in [0.2, 0.25) is 5.02 Å². The molecule has 1 aliphatic heterocycles. The van der Waals surface area contributed by atoms with Gasteiger partial charge in [-0.05, 0) is 31.5 Å². The SMILES string of the molecule is CCOc1c(C)ncc2c1CO[C@H]2c1ccc(Cl)cc1. The standard InChI is InChI=1S/C16H16ClNO2/c1-3-19-15-10(2)18-8-13-14(15)9-20-16(13)11-4-6-12(17)7-5-11/h4-8,16H,3,9H2,1-2H3/t16-/m0/s1. The predicted molar refractivity (Wildman–Crippen MR) is 78.2 cm³/mol. The Morgan fingerprint density at radius 2 is 2.10 bits per heavy atom. The summed E-state index contributed by atoms with van der Waals surface area (Å²) in [5.41, 5.74) is 4.19. The molecule has 1 atom stereocenters. The van der Waals surface area contributed by atoms with Crippen LogP contribution in [0.4, 0.5) is 0 Å². The molecule has 2 aromatic rings.